The lowest BCUT2D eigenvalue weighted by molar-refractivity contribution is 1.28. The molecule has 1 nitrogen and oxygen atoms in total. The van der Waals surface area contributed by atoms with Gasteiger partial charge in [0.1, 0.15) is 0 Å². The number of nitrogens with zero attached hydrogens (tertiary/aromatic N) is 1. The average Bonchev–Trinajstić information content (AvgIpc) is 3.27. The van der Waals surface area contributed by atoms with Gasteiger partial charge in [0, 0.05) is 16.9 Å². The van der Waals surface area contributed by atoms with E-state index < -0.39 is 0 Å². The predicted octanol–water partition coefficient (Wildman–Crippen LogP) is 15.3. The molecule has 0 atom stereocenters. The molecule has 55 heavy (non-hydrogen) atoms. The molecular weight excluding hydrogens is 663 g/mol. The van der Waals surface area contributed by atoms with E-state index in [0.29, 0.717) is 0 Å². The van der Waals surface area contributed by atoms with Gasteiger partial charge in [-0.1, -0.05) is 188 Å². The van der Waals surface area contributed by atoms with Crippen LogP contribution in [0.15, 0.2) is 224 Å². The van der Waals surface area contributed by atoms with Crippen LogP contribution < -0.4 is 4.90 Å². The molecule has 10 aromatic carbocycles. The fourth-order valence-corrected chi connectivity index (χ4v) is 8.27. The van der Waals surface area contributed by atoms with E-state index in [9.17, 15) is 0 Å². The van der Waals surface area contributed by atoms with Crippen molar-refractivity contribution >= 4 is 49.4 Å². The van der Waals surface area contributed by atoms with Crippen molar-refractivity contribution in [2.75, 3.05) is 4.90 Å². The highest BCUT2D eigenvalue weighted by molar-refractivity contribution is 6.17. The van der Waals surface area contributed by atoms with Gasteiger partial charge in [-0.3, -0.25) is 0 Å². The van der Waals surface area contributed by atoms with Gasteiger partial charge in [-0.15, -0.1) is 0 Å². The first-order valence-electron chi connectivity index (χ1n) is 18.9. The first-order valence-corrected chi connectivity index (χ1v) is 18.9. The van der Waals surface area contributed by atoms with E-state index in [1.807, 2.05) is 0 Å². The van der Waals surface area contributed by atoms with Crippen LogP contribution in [0.25, 0.3) is 76.8 Å². The first kappa shape index (κ1) is 32.4. The fraction of sp³-hybridized carbons (Fsp3) is 0. The Morgan fingerprint density at radius 1 is 0.255 bits per heavy atom. The van der Waals surface area contributed by atoms with Gasteiger partial charge in [-0.05, 0) is 108 Å². The lowest BCUT2D eigenvalue weighted by atomic mass is 9.86. The molecule has 0 bridgehead atoms. The molecule has 10 rings (SSSR count). The van der Waals surface area contributed by atoms with Gasteiger partial charge in [0.15, 0.2) is 0 Å². The highest BCUT2D eigenvalue weighted by Gasteiger charge is 2.24. The summed E-state index contributed by atoms with van der Waals surface area (Å²) >= 11 is 0. The molecule has 1 heteroatoms. The van der Waals surface area contributed by atoms with Crippen molar-refractivity contribution in [3.63, 3.8) is 0 Å². The molecule has 258 valence electrons. The Morgan fingerprint density at radius 2 is 0.782 bits per heavy atom. The molecule has 0 aliphatic carbocycles. The maximum absolute atomic E-state index is 2.45. The molecule has 0 amide bonds. The highest BCUT2D eigenvalue weighted by Crippen LogP contribution is 2.49. The summed E-state index contributed by atoms with van der Waals surface area (Å²) in [6.07, 6.45) is 0. The summed E-state index contributed by atoms with van der Waals surface area (Å²) in [5.74, 6) is 0. The Morgan fingerprint density at radius 3 is 1.55 bits per heavy atom. The molecule has 0 saturated carbocycles. The zero-order chi connectivity index (χ0) is 36.6. The van der Waals surface area contributed by atoms with Crippen LogP contribution in [0.3, 0.4) is 0 Å². The Kier molecular flexibility index (Phi) is 8.24. The van der Waals surface area contributed by atoms with E-state index in [-0.39, 0.29) is 0 Å². The van der Waals surface area contributed by atoms with Crippen molar-refractivity contribution in [2.24, 2.45) is 0 Å². The minimum Gasteiger partial charge on any atom is -0.310 e. The number of rotatable bonds is 7. The Balaban J connectivity index is 1.30. The number of benzene rings is 10. The second kappa shape index (κ2) is 14.0. The molecule has 0 aromatic heterocycles. The highest BCUT2D eigenvalue weighted by atomic mass is 15.1. The molecular formula is C54H37N. The van der Waals surface area contributed by atoms with Crippen LogP contribution in [0.1, 0.15) is 0 Å². The quantitative estimate of drug-likeness (QED) is 0.150. The second-order valence-electron chi connectivity index (χ2n) is 14.1. The van der Waals surface area contributed by atoms with Crippen LogP contribution in [-0.2, 0) is 0 Å². The molecule has 0 aliphatic rings. The van der Waals surface area contributed by atoms with Gasteiger partial charge in [0.25, 0.3) is 0 Å². The lowest BCUT2D eigenvalue weighted by Gasteiger charge is -2.30. The number of hydrogen-bond donors (Lipinski definition) is 0. The standard InChI is InChI=1S/C54H37N/c1-3-16-38(17-4-1)40-32-34-44(35-33-40)55(45-24-13-23-42(36-45)39-18-5-2-6-19-39)53-31-15-30-51(49-29-14-22-41-20-7-9-25-46(41)49)54(53)52-37-43-21-8-10-26-47(43)48-27-11-12-28-50(48)52/h1-37H. The van der Waals surface area contributed by atoms with E-state index >= 15 is 0 Å². The van der Waals surface area contributed by atoms with Crippen molar-refractivity contribution in [3.8, 4) is 44.5 Å². The molecule has 0 aliphatic heterocycles. The minimum absolute atomic E-state index is 1.09. The molecule has 0 N–H and O–H groups in total. The number of hydrogen-bond acceptors (Lipinski definition) is 1. The topological polar surface area (TPSA) is 3.24 Å². The first-order chi connectivity index (χ1) is 27.3. The van der Waals surface area contributed by atoms with Crippen LogP contribution in [-0.4, -0.2) is 0 Å². The van der Waals surface area contributed by atoms with Crippen molar-refractivity contribution in [1.29, 1.82) is 0 Å². The third kappa shape index (κ3) is 5.93. The average molecular weight is 700 g/mol. The summed E-state index contributed by atoms with van der Waals surface area (Å²) in [6.45, 7) is 0. The maximum atomic E-state index is 2.45. The van der Waals surface area contributed by atoms with Crippen LogP contribution in [0.4, 0.5) is 17.1 Å². The molecule has 0 spiro atoms. The van der Waals surface area contributed by atoms with Crippen LogP contribution >= 0.6 is 0 Å². The summed E-state index contributed by atoms with van der Waals surface area (Å²) in [4.78, 5) is 2.45. The van der Waals surface area contributed by atoms with Gasteiger partial charge in [-0.2, -0.15) is 0 Å². The van der Waals surface area contributed by atoms with E-state index in [1.54, 1.807) is 0 Å². The summed E-state index contributed by atoms with van der Waals surface area (Å²) in [5.41, 5.74) is 12.9. The smallest absolute Gasteiger partial charge is 0.0546 e. The van der Waals surface area contributed by atoms with Crippen LogP contribution in [0, 0.1) is 0 Å². The van der Waals surface area contributed by atoms with Crippen molar-refractivity contribution in [3.05, 3.63) is 224 Å². The lowest BCUT2D eigenvalue weighted by Crippen LogP contribution is -2.12. The third-order valence-corrected chi connectivity index (χ3v) is 10.8. The molecule has 0 radical (unpaired) electrons. The second-order valence-corrected chi connectivity index (χ2v) is 14.1. The summed E-state index contributed by atoms with van der Waals surface area (Å²) in [5, 5.41) is 7.42. The summed E-state index contributed by atoms with van der Waals surface area (Å²) < 4.78 is 0. The fourth-order valence-electron chi connectivity index (χ4n) is 8.27. The third-order valence-electron chi connectivity index (χ3n) is 10.8. The Hall–Kier alpha value is -7.22. The minimum atomic E-state index is 1.09. The maximum Gasteiger partial charge on any atom is 0.0546 e. The molecule has 0 unspecified atom stereocenters. The zero-order valence-corrected chi connectivity index (χ0v) is 30.3. The van der Waals surface area contributed by atoms with Crippen LogP contribution in [0.5, 0.6) is 0 Å². The van der Waals surface area contributed by atoms with Gasteiger partial charge in [-0.25, -0.2) is 0 Å². The summed E-state index contributed by atoms with van der Waals surface area (Å²) in [6, 6.07) is 81.6. The van der Waals surface area contributed by atoms with Crippen molar-refractivity contribution in [1.82, 2.24) is 0 Å². The molecule has 10 aromatic rings. The predicted molar refractivity (Wildman–Crippen MR) is 235 cm³/mol. The SMILES string of the molecule is c1ccc(-c2ccc(N(c3cccc(-c4ccccc4)c3)c3cccc(-c4cccc5ccccc45)c3-c3cc4ccccc4c4ccccc34)cc2)cc1. The van der Waals surface area contributed by atoms with E-state index in [2.05, 4.69) is 229 Å². The zero-order valence-electron chi connectivity index (χ0n) is 30.3. The van der Waals surface area contributed by atoms with E-state index in [0.717, 1.165) is 17.1 Å². The van der Waals surface area contributed by atoms with Gasteiger partial charge < -0.3 is 4.90 Å². The van der Waals surface area contributed by atoms with Gasteiger partial charge >= 0.3 is 0 Å². The van der Waals surface area contributed by atoms with E-state index in [4.69, 9.17) is 0 Å². The monoisotopic (exact) mass is 699 g/mol. The number of anilines is 3. The normalized spacial score (nSPS) is 11.3. The van der Waals surface area contributed by atoms with Crippen molar-refractivity contribution < 1.29 is 0 Å². The molecule has 0 heterocycles. The van der Waals surface area contributed by atoms with Crippen molar-refractivity contribution in [2.45, 2.75) is 0 Å². The number of fused-ring (bicyclic) bond motifs is 4. The summed E-state index contributed by atoms with van der Waals surface area (Å²) in [7, 11) is 0. The Bertz CT molecular complexity index is 2960. The van der Waals surface area contributed by atoms with E-state index in [1.165, 1.54) is 76.8 Å². The Labute approximate surface area is 322 Å². The molecule has 0 fully saturated rings. The van der Waals surface area contributed by atoms with Gasteiger partial charge in [0.2, 0.25) is 0 Å². The molecule has 0 saturated heterocycles. The largest absolute Gasteiger partial charge is 0.310 e. The van der Waals surface area contributed by atoms with Crippen LogP contribution in [0.2, 0.25) is 0 Å². The van der Waals surface area contributed by atoms with Gasteiger partial charge in [0.05, 0.1) is 5.69 Å².